The second-order valence-corrected chi connectivity index (χ2v) is 4.38. The normalized spacial score (nSPS) is 36.0. The van der Waals surface area contributed by atoms with Gasteiger partial charge >= 0.3 is 0 Å². The van der Waals surface area contributed by atoms with E-state index in [0.717, 1.165) is 19.3 Å². The lowest BCUT2D eigenvalue weighted by Crippen LogP contribution is -2.15. The van der Waals surface area contributed by atoms with Crippen LogP contribution in [0.25, 0.3) is 0 Å². The highest BCUT2D eigenvalue weighted by Gasteiger charge is 2.43. The van der Waals surface area contributed by atoms with Crippen molar-refractivity contribution < 1.29 is 14.4 Å². The van der Waals surface area contributed by atoms with Crippen LogP contribution in [0.5, 0.6) is 0 Å². The lowest BCUT2D eigenvalue weighted by Gasteiger charge is -2.13. The maximum absolute atomic E-state index is 9.28. The maximum atomic E-state index is 9.28. The van der Waals surface area contributed by atoms with Crippen molar-refractivity contribution >= 4 is 0 Å². The van der Waals surface area contributed by atoms with E-state index in [2.05, 4.69) is 10.1 Å². The van der Waals surface area contributed by atoms with Crippen LogP contribution in [0.3, 0.4) is 0 Å². The zero-order valence-corrected chi connectivity index (χ0v) is 8.59. The maximum Gasteiger partial charge on any atom is 0.255 e. The minimum atomic E-state index is -0.689. The van der Waals surface area contributed by atoms with Gasteiger partial charge in [0.25, 0.3) is 5.89 Å². The van der Waals surface area contributed by atoms with Gasteiger partial charge in [-0.2, -0.15) is 4.98 Å². The van der Waals surface area contributed by atoms with Crippen LogP contribution in [0.4, 0.5) is 0 Å². The number of aromatic nitrogens is 2. The number of nitrogens with zero attached hydrogens (tertiary/aromatic N) is 2. The van der Waals surface area contributed by atoms with E-state index in [1.807, 2.05) is 0 Å². The van der Waals surface area contributed by atoms with E-state index in [1.54, 1.807) is 6.92 Å². The van der Waals surface area contributed by atoms with Gasteiger partial charge < -0.3 is 14.4 Å². The van der Waals surface area contributed by atoms with Crippen LogP contribution in [-0.2, 0) is 4.74 Å². The monoisotopic (exact) mass is 210 g/mol. The van der Waals surface area contributed by atoms with E-state index < -0.39 is 6.10 Å². The van der Waals surface area contributed by atoms with Crippen molar-refractivity contribution in [1.82, 2.24) is 10.1 Å². The van der Waals surface area contributed by atoms with Crippen molar-refractivity contribution in [3.63, 3.8) is 0 Å². The summed E-state index contributed by atoms with van der Waals surface area (Å²) in [5, 5.41) is 13.2. The molecule has 2 saturated heterocycles. The van der Waals surface area contributed by atoms with Gasteiger partial charge in [-0.1, -0.05) is 5.16 Å². The largest absolute Gasteiger partial charge is 0.384 e. The molecule has 15 heavy (non-hydrogen) atoms. The molecular weight excluding hydrogens is 196 g/mol. The summed E-state index contributed by atoms with van der Waals surface area (Å²) in [5.41, 5.74) is 0. The first-order chi connectivity index (χ1) is 7.24. The Bertz CT molecular complexity index is 363. The van der Waals surface area contributed by atoms with Crippen LogP contribution in [0.15, 0.2) is 4.52 Å². The third kappa shape index (κ3) is 1.46. The summed E-state index contributed by atoms with van der Waals surface area (Å²) in [7, 11) is 0. The van der Waals surface area contributed by atoms with Crippen LogP contribution < -0.4 is 0 Å². The summed E-state index contributed by atoms with van der Waals surface area (Å²) in [5.74, 6) is 1.26. The van der Waals surface area contributed by atoms with Gasteiger partial charge in [0.05, 0.1) is 18.1 Å². The lowest BCUT2D eigenvalue weighted by atomic mass is 9.89. The SMILES string of the molecule is C[C@H](O)c1nc(C2CC3CCC2O3)no1. The van der Waals surface area contributed by atoms with Gasteiger partial charge in [-0.25, -0.2) is 0 Å². The molecule has 0 aromatic carbocycles. The standard InChI is InChI=1S/C10H14N2O3/c1-5(13)10-11-9(12-15-10)7-4-6-2-3-8(7)14-6/h5-8,13H,2-4H2,1H3/t5-,6?,7?,8?/m0/s1. The molecule has 1 aromatic heterocycles. The Morgan fingerprint density at radius 1 is 1.47 bits per heavy atom. The van der Waals surface area contributed by atoms with E-state index >= 15 is 0 Å². The second-order valence-electron chi connectivity index (χ2n) is 4.38. The molecule has 1 aromatic rings. The number of rotatable bonds is 2. The fourth-order valence-corrected chi connectivity index (χ4v) is 2.48. The topological polar surface area (TPSA) is 68.4 Å². The Morgan fingerprint density at radius 2 is 2.33 bits per heavy atom. The molecule has 2 aliphatic rings. The number of hydrogen-bond acceptors (Lipinski definition) is 5. The number of aliphatic hydroxyl groups is 1. The summed E-state index contributed by atoms with van der Waals surface area (Å²) in [6.45, 7) is 1.62. The van der Waals surface area contributed by atoms with Crippen molar-refractivity contribution in [3.05, 3.63) is 11.7 Å². The zero-order chi connectivity index (χ0) is 10.4. The minimum Gasteiger partial charge on any atom is -0.384 e. The van der Waals surface area contributed by atoms with Gasteiger partial charge in [-0.15, -0.1) is 0 Å². The van der Waals surface area contributed by atoms with Crippen molar-refractivity contribution in [3.8, 4) is 0 Å². The molecule has 82 valence electrons. The fourth-order valence-electron chi connectivity index (χ4n) is 2.48. The molecule has 4 atom stereocenters. The van der Waals surface area contributed by atoms with Crippen molar-refractivity contribution in [2.45, 2.75) is 50.4 Å². The summed E-state index contributed by atoms with van der Waals surface area (Å²) in [4.78, 5) is 4.20. The van der Waals surface area contributed by atoms with Gasteiger partial charge in [-0.05, 0) is 26.2 Å². The third-order valence-electron chi connectivity index (χ3n) is 3.25. The van der Waals surface area contributed by atoms with Crippen LogP contribution in [0.1, 0.15) is 49.9 Å². The van der Waals surface area contributed by atoms with Crippen molar-refractivity contribution in [1.29, 1.82) is 0 Å². The van der Waals surface area contributed by atoms with Gasteiger partial charge in [-0.3, -0.25) is 0 Å². The average molecular weight is 210 g/mol. The first-order valence-corrected chi connectivity index (χ1v) is 5.41. The lowest BCUT2D eigenvalue weighted by molar-refractivity contribution is 0.0996. The fraction of sp³-hybridized carbons (Fsp3) is 0.800. The highest BCUT2D eigenvalue weighted by molar-refractivity contribution is 5.07. The number of ether oxygens (including phenoxy) is 1. The Kier molecular flexibility index (Phi) is 2.03. The summed E-state index contributed by atoms with van der Waals surface area (Å²) in [6.07, 6.45) is 3.19. The molecule has 3 rings (SSSR count). The molecule has 5 heteroatoms. The van der Waals surface area contributed by atoms with E-state index in [9.17, 15) is 5.11 Å². The third-order valence-corrected chi connectivity index (χ3v) is 3.25. The molecule has 0 aliphatic carbocycles. The molecule has 0 amide bonds. The number of hydrogen-bond donors (Lipinski definition) is 1. The minimum absolute atomic E-state index is 0.259. The molecule has 2 bridgehead atoms. The highest BCUT2D eigenvalue weighted by Crippen LogP contribution is 2.43. The predicted molar refractivity (Wildman–Crippen MR) is 50.2 cm³/mol. The van der Waals surface area contributed by atoms with Crippen molar-refractivity contribution in [2.75, 3.05) is 0 Å². The van der Waals surface area contributed by atoms with Crippen LogP contribution in [-0.4, -0.2) is 27.5 Å². The molecule has 0 spiro atoms. The number of fused-ring (bicyclic) bond motifs is 2. The molecular formula is C10H14N2O3. The number of aliphatic hydroxyl groups excluding tert-OH is 1. The summed E-state index contributed by atoms with van der Waals surface area (Å²) < 4.78 is 10.7. The molecule has 5 nitrogen and oxygen atoms in total. The quantitative estimate of drug-likeness (QED) is 0.793. The van der Waals surface area contributed by atoms with Gasteiger partial charge in [0.15, 0.2) is 5.82 Å². The first-order valence-electron chi connectivity index (χ1n) is 5.41. The van der Waals surface area contributed by atoms with E-state index in [0.29, 0.717) is 17.8 Å². The molecule has 1 N–H and O–H groups in total. The second kappa shape index (κ2) is 3.28. The van der Waals surface area contributed by atoms with Crippen LogP contribution in [0, 0.1) is 0 Å². The first kappa shape index (κ1) is 9.30. The van der Waals surface area contributed by atoms with Gasteiger partial charge in [0.2, 0.25) is 0 Å². The van der Waals surface area contributed by atoms with Gasteiger partial charge in [0, 0.05) is 0 Å². The Labute approximate surface area is 87.4 Å². The van der Waals surface area contributed by atoms with Gasteiger partial charge in [0.1, 0.15) is 6.10 Å². The molecule has 2 aliphatic heterocycles. The molecule has 0 radical (unpaired) electrons. The van der Waals surface area contributed by atoms with E-state index in [-0.39, 0.29) is 12.0 Å². The Morgan fingerprint density at radius 3 is 2.87 bits per heavy atom. The highest BCUT2D eigenvalue weighted by atomic mass is 16.5. The molecule has 2 fully saturated rings. The molecule has 0 saturated carbocycles. The Balaban J connectivity index is 1.81. The van der Waals surface area contributed by atoms with Crippen LogP contribution >= 0.6 is 0 Å². The van der Waals surface area contributed by atoms with E-state index in [4.69, 9.17) is 9.26 Å². The molecule has 3 heterocycles. The average Bonchev–Trinajstić information content (AvgIpc) is 2.93. The van der Waals surface area contributed by atoms with Crippen molar-refractivity contribution in [2.24, 2.45) is 0 Å². The smallest absolute Gasteiger partial charge is 0.255 e. The van der Waals surface area contributed by atoms with Crippen LogP contribution in [0.2, 0.25) is 0 Å². The van der Waals surface area contributed by atoms with E-state index in [1.165, 1.54) is 0 Å². The summed E-state index contributed by atoms with van der Waals surface area (Å²) in [6, 6.07) is 0. The Hall–Kier alpha value is -0.940. The zero-order valence-electron chi connectivity index (χ0n) is 8.59. The predicted octanol–water partition coefficient (Wildman–Crippen LogP) is 1.16. The summed E-state index contributed by atoms with van der Waals surface area (Å²) >= 11 is 0. The molecule has 3 unspecified atom stereocenters.